The summed E-state index contributed by atoms with van der Waals surface area (Å²) < 4.78 is 30.6. The lowest BCUT2D eigenvalue weighted by molar-refractivity contribution is 0.389. The molecule has 0 aliphatic carbocycles. The fourth-order valence-corrected chi connectivity index (χ4v) is 5.33. The minimum Gasteiger partial charge on any atom is -0.361 e. The maximum Gasteiger partial charge on any atom is 0.235 e. The van der Waals surface area contributed by atoms with E-state index in [1.807, 2.05) is 13.8 Å². The maximum atomic E-state index is 12.0. The van der Waals surface area contributed by atoms with Crippen LogP contribution in [-0.2, 0) is 10.0 Å². The molecule has 1 aliphatic rings. The third kappa shape index (κ3) is 3.13. The summed E-state index contributed by atoms with van der Waals surface area (Å²) in [6, 6.07) is 2.06. The Bertz CT molecular complexity index is 1090. The van der Waals surface area contributed by atoms with Gasteiger partial charge in [-0.05, 0) is 19.9 Å². The van der Waals surface area contributed by atoms with Gasteiger partial charge in [0.1, 0.15) is 22.7 Å². The number of hydrogen-bond acceptors (Lipinski definition) is 8. The highest BCUT2D eigenvalue weighted by Gasteiger charge is 2.27. The molecule has 0 unspecified atom stereocenters. The van der Waals surface area contributed by atoms with Crippen molar-refractivity contribution >= 4 is 37.4 Å². The molecule has 3 aromatic rings. The molecule has 0 bridgehead atoms. The van der Waals surface area contributed by atoms with Gasteiger partial charge in [0.2, 0.25) is 10.0 Å². The molecule has 8 nitrogen and oxygen atoms in total. The van der Waals surface area contributed by atoms with Gasteiger partial charge in [-0.15, -0.1) is 11.3 Å². The second-order valence-electron chi connectivity index (χ2n) is 6.32. The molecular formula is C17H19N5O3S2. The molecule has 10 heteroatoms. The van der Waals surface area contributed by atoms with Crippen LogP contribution in [0.25, 0.3) is 20.7 Å². The Hall–Kier alpha value is -2.30. The second-order valence-corrected chi connectivity index (χ2v) is 9.23. The second kappa shape index (κ2) is 6.70. The van der Waals surface area contributed by atoms with E-state index in [9.17, 15) is 8.42 Å². The molecule has 4 rings (SSSR count). The number of anilines is 1. The Morgan fingerprint density at radius 1 is 1.22 bits per heavy atom. The van der Waals surface area contributed by atoms with E-state index in [0.29, 0.717) is 26.2 Å². The zero-order valence-electron chi connectivity index (χ0n) is 15.0. The number of rotatable bonds is 4. The zero-order chi connectivity index (χ0) is 19.2. The first kappa shape index (κ1) is 18.1. The number of fused-ring (bicyclic) bond motifs is 1. The summed E-state index contributed by atoms with van der Waals surface area (Å²) in [5.41, 5.74) is 1.84. The molecule has 0 N–H and O–H groups in total. The van der Waals surface area contributed by atoms with Crippen molar-refractivity contribution in [3.05, 3.63) is 35.8 Å². The molecule has 1 fully saturated rings. The largest absolute Gasteiger partial charge is 0.361 e. The van der Waals surface area contributed by atoms with E-state index in [4.69, 9.17) is 4.52 Å². The van der Waals surface area contributed by atoms with E-state index in [0.717, 1.165) is 43.3 Å². The van der Waals surface area contributed by atoms with Crippen LogP contribution in [0.3, 0.4) is 0 Å². The van der Waals surface area contributed by atoms with Crippen molar-refractivity contribution < 1.29 is 12.9 Å². The highest BCUT2D eigenvalue weighted by molar-refractivity contribution is 7.92. The smallest absolute Gasteiger partial charge is 0.235 e. The first-order valence-corrected chi connectivity index (χ1v) is 10.8. The van der Waals surface area contributed by atoms with Crippen LogP contribution >= 0.6 is 11.3 Å². The summed E-state index contributed by atoms with van der Waals surface area (Å²) in [7, 11) is -3.38. The fraction of sp³-hybridized carbons (Fsp3) is 0.353. The summed E-state index contributed by atoms with van der Waals surface area (Å²) in [6.07, 6.45) is 1.55. The Morgan fingerprint density at radius 2 is 1.96 bits per heavy atom. The number of nitrogens with zero attached hydrogens (tertiary/aromatic N) is 5. The first-order chi connectivity index (χ1) is 12.9. The Kier molecular flexibility index (Phi) is 4.49. The highest BCUT2D eigenvalue weighted by atomic mass is 32.2. The predicted molar refractivity (Wildman–Crippen MR) is 105 cm³/mol. The van der Waals surface area contributed by atoms with Gasteiger partial charge in [0.15, 0.2) is 0 Å². The number of sulfonamides is 1. The fourth-order valence-electron chi connectivity index (χ4n) is 3.31. The molecule has 0 spiro atoms. The summed E-state index contributed by atoms with van der Waals surface area (Å²) >= 11 is 1.57. The standard InChI is InChI=1S/C17H19N5O3S2/c1-4-27(23,24)22-7-5-21(6-8-22)16-13-9-14(26-17(13)19-10-18-16)15-11(2)20-25-12(15)3/h4,9-10H,1,5-8H2,2-3H3. The predicted octanol–water partition coefficient (Wildman–Crippen LogP) is 2.56. The molecule has 0 aromatic carbocycles. The van der Waals surface area contributed by atoms with Crippen molar-refractivity contribution in [2.75, 3.05) is 31.1 Å². The summed E-state index contributed by atoms with van der Waals surface area (Å²) in [5.74, 6) is 1.60. The summed E-state index contributed by atoms with van der Waals surface area (Å²) in [5, 5.41) is 5.99. The molecule has 0 radical (unpaired) electrons. The molecule has 1 aliphatic heterocycles. The van der Waals surface area contributed by atoms with Gasteiger partial charge in [-0.3, -0.25) is 0 Å². The molecule has 4 heterocycles. The van der Waals surface area contributed by atoms with Gasteiger partial charge in [0.25, 0.3) is 0 Å². The van der Waals surface area contributed by atoms with E-state index >= 15 is 0 Å². The molecule has 0 atom stereocenters. The molecular weight excluding hydrogens is 386 g/mol. The van der Waals surface area contributed by atoms with E-state index < -0.39 is 10.0 Å². The summed E-state index contributed by atoms with van der Waals surface area (Å²) in [6.45, 7) is 9.14. The zero-order valence-corrected chi connectivity index (χ0v) is 16.7. The van der Waals surface area contributed by atoms with Crippen LogP contribution in [0.2, 0.25) is 0 Å². The van der Waals surface area contributed by atoms with Gasteiger partial charge in [-0.2, -0.15) is 4.31 Å². The van der Waals surface area contributed by atoms with Crippen LogP contribution in [0, 0.1) is 13.8 Å². The van der Waals surface area contributed by atoms with Crippen molar-refractivity contribution in [1.82, 2.24) is 19.4 Å². The van der Waals surface area contributed by atoms with E-state index in [2.05, 4.69) is 32.7 Å². The van der Waals surface area contributed by atoms with Crippen LogP contribution < -0.4 is 4.90 Å². The van der Waals surface area contributed by atoms with Gasteiger partial charge in [-0.1, -0.05) is 11.7 Å². The monoisotopic (exact) mass is 405 g/mol. The Balaban J connectivity index is 1.67. The van der Waals surface area contributed by atoms with Crippen LogP contribution in [0.15, 0.2) is 28.9 Å². The van der Waals surface area contributed by atoms with Gasteiger partial charge >= 0.3 is 0 Å². The molecule has 3 aromatic heterocycles. The third-order valence-electron chi connectivity index (χ3n) is 4.70. The highest BCUT2D eigenvalue weighted by Crippen LogP contribution is 2.38. The normalized spacial score (nSPS) is 16.1. The van der Waals surface area contributed by atoms with Crippen molar-refractivity contribution in [3.63, 3.8) is 0 Å². The number of hydrogen-bond donors (Lipinski definition) is 0. The van der Waals surface area contributed by atoms with E-state index in [-0.39, 0.29) is 0 Å². The lowest BCUT2D eigenvalue weighted by atomic mass is 10.1. The van der Waals surface area contributed by atoms with Crippen LogP contribution in [0.1, 0.15) is 11.5 Å². The number of thiophene rings is 1. The lowest BCUT2D eigenvalue weighted by Crippen LogP contribution is -2.48. The van der Waals surface area contributed by atoms with Crippen LogP contribution in [0.4, 0.5) is 5.82 Å². The van der Waals surface area contributed by atoms with Gasteiger partial charge < -0.3 is 9.42 Å². The van der Waals surface area contributed by atoms with Gasteiger partial charge in [0.05, 0.1) is 16.6 Å². The SMILES string of the molecule is C=CS(=O)(=O)N1CCN(c2ncnc3sc(-c4c(C)noc4C)cc23)CC1. The number of piperazine rings is 1. The van der Waals surface area contributed by atoms with Crippen LogP contribution in [0.5, 0.6) is 0 Å². The van der Waals surface area contributed by atoms with E-state index in [1.54, 1.807) is 17.7 Å². The average Bonchev–Trinajstić information content (AvgIpc) is 3.24. The van der Waals surface area contributed by atoms with E-state index in [1.165, 1.54) is 4.31 Å². The summed E-state index contributed by atoms with van der Waals surface area (Å²) in [4.78, 5) is 12.9. The Labute approximate surface area is 161 Å². The van der Waals surface area contributed by atoms with Crippen molar-refractivity contribution in [1.29, 1.82) is 0 Å². The number of aromatic nitrogens is 3. The number of aryl methyl sites for hydroxylation is 2. The molecule has 1 saturated heterocycles. The topological polar surface area (TPSA) is 92.4 Å². The minimum atomic E-state index is -3.38. The third-order valence-corrected chi connectivity index (χ3v) is 7.26. The van der Waals surface area contributed by atoms with Gasteiger partial charge in [-0.25, -0.2) is 18.4 Å². The van der Waals surface area contributed by atoms with Crippen molar-refractivity contribution in [2.24, 2.45) is 0 Å². The maximum absolute atomic E-state index is 12.0. The molecule has 0 saturated carbocycles. The molecule has 142 valence electrons. The Morgan fingerprint density at radius 3 is 2.59 bits per heavy atom. The quantitative estimate of drug-likeness (QED) is 0.658. The van der Waals surface area contributed by atoms with Crippen molar-refractivity contribution in [3.8, 4) is 10.4 Å². The van der Waals surface area contributed by atoms with Gasteiger partial charge in [0, 0.05) is 36.5 Å². The molecule has 27 heavy (non-hydrogen) atoms. The van der Waals surface area contributed by atoms with Crippen LogP contribution in [-0.4, -0.2) is 54.0 Å². The first-order valence-electron chi connectivity index (χ1n) is 8.46. The molecule has 0 amide bonds. The average molecular weight is 406 g/mol. The lowest BCUT2D eigenvalue weighted by Gasteiger charge is -2.34. The van der Waals surface area contributed by atoms with Crippen molar-refractivity contribution in [2.45, 2.75) is 13.8 Å². The minimum absolute atomic E-state index is 0.403.